The maximum atomic E-state index is 12.3. The van der Waals surface area contributed by atoms with Crippen molar-refractivity contribution in [2.75, 3.05) is 31.5 Å². The average Bonchev–Trinajstić information content (AvgIpc) is 3.25. The topological polar surface area (TPSA) is 112 Å². The summed E-state index contributed by atoms with van der Waals surface area (Å²) < 4.78 is 5.50. The van der Waals surface area contributed by atoms with Crippen LogP contribution >= 0.6 is 0 Å². The van der Waals surface area contributed by atoms with Crippen LogP contribution in [0.5, 0.6) is 0 Å². The fourth-order valence-corrected chi connectivity index (χ4v) is 4.23. The fraction of sp³-hybridized carbons (Fsp3) is 0.370. The standard InChI is InChI=1S/C27H32N8O2/c1-18-29-15-21(16-30-18)20-5-6-22-23(14-20)32-25(31-22)33-24-13-19(7-8-28-24)17-34-9-11-35(12-10-34)26(36)37-27(2,3)4/h5-8,13-16H,9-12,17H2,1-4H3,(H2,28,31,32,33). The molecule has 4 aromatic rings. The lowest BCUT2D eigenvalue weighted by molar-refractivity contribution is 0.0139. The molecule has 1 saturated heterocycles. The highest BCUT2D eigenvalue weighted by Gasteiger charge is 2.25. The molecule has 192 valence electrons. The van der Waals surface area contributed by atoms with E-state index in [0.29, 0.717) is 19.0 Å². The van der Waals surface area contributed by atoms with Gasteiger partial charge < -0.3 is 19.9 Å². The molecule has 1 aliphatic heterocycles. The number of rotatable bonds is 5. The molecule has 4 heterocycles. The van der Waals surface area contributed by atoms with Crippen molar-refractivity contribution in [3.8, 4) is 11.1 Å². The molecule has 10 nitrogen and oxygen atoms in total. The molecule has 5 rings (SSSR count). The minimum atomic E-state index is -0.479. The van der Waals surface area contributed by atoms with Gasteiger partial charge in [0, 0.05) is 56.9 Å². The quantitative estimate of drug-likeness (QED) is 0.411. The third-order valence-corrected chi connectivity index (χ3v) is 6.10. The number of hydrogen-bond donors (Lipinski definition) is 2. The molecule has 0 radical (unpaired) electrons. The van der Waals surface area contributed by atoms with Gasteiger partial charge in [0.15, 0.2) is 0 Å². The third-order valence-electron chi connectivity index (χ3n) is 6.10. The molecule has 1 aliphatic rings. The number of fused-ring (bicyclic) bond motifs is 1. The van der Waals surface area contributed by atoms with Crippen molar-refractivity contribution >= 4 is 28.9 Å². The first-order chi connectivity index (χ1) is 17.7. The summed E-state index contributed by atoms with van der Waals surface area (Å²) in [6, 6.07) is 10.1. The molecule has 1 aromatic carbocycles. The van der Waals surface area contributed by atoms with E-state index in [1.54, 1.807) is 11.1 Å². The van der Waals surface area contributed by atoms with E-state index in [1.807, 2.05) is 70.4 Å². The first-order valence-corrected chi connectivity index (χ1v) is 12.4. The summed E-state index contributed by atoms with van der Waals surface area (Å²) in [6.07, 6.45) is 5.21. The molecule has 10 heteroatoms. The van der Waals surface area contributed by atoms with Crippen molar-refractivity contribution in [2.45, 2.75) is 39.8 Å². The van der Waals surface area contributed by atoms with E-state index in [9.17, 15) is 4.79 Å². The SMILES string of the molecule is Cc1ncc(-c2ccc3nc(Nc4cc(CN5CCN(C(=O)OC(C)(C)C)CC5)ccn4)[nH]c3c2)cn1. The van der Waals surface area contributed by atoms with E-state index in [-0.39, 0.29) is 6.09 Å². The molecule has 1 amide bonds. The maximum absolute atomic E-state index is 12.3. The minimum Gasteiger partial charge on any atom is -0.444 e. The lowest BCUT2D eigenvalue weighted by atomic mass is 10.1. The number of carbonyl (C=O) groups is 1. The summed E-state index contributed by atoms with van der Waals surface area (Å²) in [4.78, 5) is 37.5. The van der Waals surface area contributed by atoms with E-state index >= 15 is 0 Å². The molecular formula is C27H32N8O2. The van der Waals surface area contributed by atoms with E-state index < -0.39 is 5.60 Å². The van der Waals surface area contributed by atoms with Crippen molar-refractivity contribution in [2.24, 2.45) is 0 Å². The van der Waals surface area contributed by atoms with Crippen LogP contribution in [-0.2, 0) is 11.3 Å². The van der Waals surface area contributed by atoms with Gasteiger partial charge in [-0.2, -0.15) is 0 Å². The Morgan fingerprint density at radius 1 is 1.03 bits per heavy atom. The average molecular weight is 501 g/mol. The smallest absolute Gasteiger partial charge is 0.410 e. The second-order valence-electron chi connectivity index (χ2n) is 10.3. The van der Waals surface area contributed by atoms with Gasteiger partial charge in [0.25, 0.3) is 0 Å². The first-order valence-electron chi connectivity index (χ1n) is 12.4. The van der Waals surface area contributed by atoms with Crippen LogP contribution in [0.4, 0.5) is 16.6 Å². The summed E-state index contributed by atoms with van der Waals surface area (Å²) in [5.74, 6) is 2.09. The lowest BCUT2D eigenvalue weighted by Gasteiger charge is -2.35. The normalized spacial score (nSPS) is 14.6. The zero-order chi connectivity index (χ0) is 26.0. The van der Waals surface area contributed by atoms with Crippen LogP contribution in [0.3, 0.4) is 0 Å². The monoisotopic (exact) mass is 500 g/mol. The second kappa shape index (κ2) is 10.1. The second-order valence-corrected chi connectivity index (χ2v) is 10.3. The summed E-state index contributed by atoms with van der Waals surface area (Å²) in [5, 5.41) is 3.29. The Labute approximate surface area is 216 Å². The number of aromatic nitrogens is 5. The molecule has 0 spiro atoms. The first kappa shape index (κ1) is 24.6. The Kier molecular flexibility index (Phi) is 6.75. The van der Waals surface area contributed by atoms with Crippen LogP contribution in [0.2, 0.25) is 0 Å². The van der Waals surface area contributed by atoms with Crippen molar-refractivity contribution in [3.05, 3.63) is 60.3 Å². The largest absolute Gasteiger partial charge is 0.444 e. The van der Waals surface area contributed by atoms with E-state index in [1.165, 1.54) is 0 Å². The lowest BCUT2D eigenvalue weighted by Crippen LogP contribution is -2.49. The number of aromatic amines is 1. The number of nitrogens with one attached hydrogen (secondary N) is 2. The predicted octanol–water partition coefficient (Wildman–Crippen LogP) is 4.52. The van der Waals surface area contributed by atoms with E-state index in [2.05, 4.69) is 35.1 Å². The number of anilines is 2. The van der Waals surface area contributed by atoms with Gasteiger partial charge >= 0.3 is 6.09 Å². The Bertz CT molecular complexity index is 1390. The number of piperazine rings is 1. The zero-order valence-corrected chi connectivity index (χ0v) is 21.7. The van der Waals surface area contributed by atoms with Gasteiger partial charge in [0.2, 0.25) is 5.95 Å². The van der Waals surface area contributed by atoms with Gasteiger partial charge in [-0.15, -0.1) is 0 Å². The van der Waals surface area contributed by atoms with Gasteiger partial charge in [-0.05, 0) is 63.1 Å². The van der Waals surface area contributed by atoms with Crippen molar-refractivity contribution in [1.82, 2.24) is 34.7 Å². The number of hydrogen-bond acceptors (Lipinski definition) is 8. The number of ether oxygens (including phenoxy) is 1. The Balaban J connectivity index is 1.21. The van der Waals surface area contributed by atoms with Gasteiger partial charge in [-0.3, -0.25) is 4.90 Å². The molecule has 37 heavy (non-hydrogen) atoms. The Morgan fingerprint density at radius 3 is 2.51 bits per heavy atom. The predicted molar refractivity (Wildman–Crippen MR) is 142 cm³/mol. The third kappa shape index (κ3) is 6.21. The molecule has 0 aliphatic carbocycles. The number of nitrogens with zero attached hydrogens (tertiary/aromatic N) is 6. The fourth-order valence-electron chi connectivity index (χ4n) is 4.23. The number of aryl methyl sites for hydroxylation is 1. The van der Waals surface area contributed by atoms with Crippen LogP contribution in [0.25, 0.3) is 22.2 Å². The molecule has 3 aromatic heterocycles. The number of H-pyrrole nitrogens is 1. The minimum absolute atomic E-state index is 0.243. The van der Waals surface area contributed by atoms with Crippen LogP contribution in [0.1, 0.15) is 32.2 Å². The van der Waals surface area contributed by atoms with Crippen LogP contribution < -0.4 is 5.32 Å². The molecule has 0 unspecified atom stereocenters. The summed E-state index contributed by atoms with van der Waals surface area (Å²) in [6.45, 7) is 11.2. The molecule has 0 saturated carbocycles. The highest BCUT2D eigenvalue weighted by molar-refractivity contribution is 5.83. The number of imidazole rings is 1. The number of benzene rings is 1. The molecular weight excluding hydrogens is 468 g/mol. The van der Waals surface area contributed by atoms with Crippen LogP contribution in [-0.4, -0.2) is 72.6 Å². The molecule has 0 bridgehead atoms. The number of carbonyl (C=O) groups excluding carboxylic acids is 1. The van der Waals surface area contributed by atoms with Gasteiger partial charge in [-0.25, -0.2) is 24.7 Å². The van der Waals surface area contributed by atoms with Crippen LogP contribution in [0.15, 0.2) is 48.9 Å². The highest BCUT2D eigenvalue weighted by atomic mass is 16.6. The van der Waals surface area contributed by atoms with Crippen LogP contribution in [0, 0.1) is 6.92 Å². The summed E-state index contributed by atoms with van der Waals surface area (Å²) in [7, 11) is 0. The van der Waals surface area contributed by atoms with Crippen molar-refractivity contribution in [1.29, 1.82) is 0 Å². The van der Waals surface area contributed by atoms with E-state index in [0.717, 1.165) is 59.0 Å². The van der Waals surface area contributed by atoms with Gasteiger partial charge in [0.1, 0.15) is 17.2 Å². The number of amides is 1. The Hall–Kier alpha value is -4.05. The van der Waals surface area contributed by atoms with Crippen molar-refractivity contribution in [3.63, 3.8) is 0 Å². The molecule has 1 fully saturated rings. The zero-order valence-electron chi connectivity index (χ0n) is 21.7. The van der Waals surface area contributed by atoms with E-state index in [4.69, 9.17) is 4.74 Å². The van der Waals surface area contributed by atoms with Gasteiger partial charge in [-0.1, -0.05) is 6.07 Å². The Morgan fingerprint density at radius 2 is 1.78 bits per heavy atom. The molecule has 0 atom stereocenters. The van der Waals surface area contributed by atoms with Gasteiger partial charge in [0.05, 0.1) is 11.0 Å². The molecule has 2 N–H and O–H groups in total. The summed E-state index contributed by atoms with van der Waals surface area (Å²) in [5.41, 5.74) is 4.42. The highest BCUT2D eigenvalue weighted by Crippen LogP contribution is 2.24. The number of pyridine rings is 1. The maximum Gasteiger partial charge on any atom is 0.410 e. The summed E-state index contributed by atoms with van der Waals surface area (Å²) >= 11 is 0. The van der Waals surface area contributed by atoms with Crippen molar-refractivity contribution < 1.29 is 9.53 Å².